The zero-order valence-corrected chi connectivity index (χ0v) is 8.25. The average molecular weight is 212 g/mol. The molecule has 0 saturated carbocycles. The number of nitrogens with one attached hydrogen (secondary N) is 2. The van der Waals surface area contributed by atoms with Gasteiger partial charge in [-0.05, 0) is 12.1 Å². The minimum Gasteiger partial charge on any atom is -0.339 e. The van der Waals surface area contributed by atoms with E-state index in [1.807, 2.05) is 12.1 Å². The van der Waals surface area contributed by atoms with E-state index in [4.69, 9.17) is 0 Å². The minimum atomic E-state index is 0.714. The molecule has 6 heteroatoms. The second-order valence-electron chi connectivity index (χ2n) is 3.22. The predicted octanol–water partition coefficient (Wildman–Crippen LogP) is 1.49. The smallest absolute Gasteiger partial charge is 0.160 e. The third-order valence-corrected chi connectivity index (χ3v) is 2.19. The lowest BCUT2D eigenvalue weighted by Gasteiger charge is -2.04. The highest BCUT2D eigenvalue weighted by atomic mass is 15.2. The van der Waals surface area contributed by atoms with Crippen molar-refractivity contribution in [2.24, 2.45) is 0 Å². The fourth-order valence-electron chi connectivity index (χ4n) is 1.44. The average Bonchev–Trinajstić information content (AvgIpc) is 2.80. The Labute approximate surface area is 90.8 Å². The summed E-state index contributed by atoms with van der Waals surface area (Å²) in [6.07, 6.45) is 6.62. The van der Waals surface area contributed by atoms with Crippen LogP contribution in [0.1, 0.15) is 0 Å². The molecule has 3 aromatic heterocycles. The summed E-state index contributed by atoms with van der Waals surface area (Å²) in [7, 11) is 0. The van der Waals surface area contributed by atoms with Gasteiger partial charge < -0.3 is 5.32 Å². The molecule has 3 rings (SSSR count). The third-order valence-electron chi connectivity index (χ3n) is 2.19. The Morgan fingerprint density at radius 2 is 2.00 bits per heavy atom. The first-order valence-corrected chi connectivity index (χ1v) is 4.74. The highest BCUT2D eigenvalue weighted by Crippen LogP contribution is 2.20. The molecule has 16 heavy (non-hydrogen) atoms. The number of fused-ring (bicyclic) bond motifs is 1. The molecule has 0 unspecified atom stereocenters. The standard InChI is InChI=1S/C10H8N6/c1-3-11-4-2-7(1)15-9-8-5-14-16-10(8)13-6-12-9/h1-6H,(H2,11,12,13,14,15,16). The Kier molecular flexibility index (Phi) is 1.96. The van der Waals surface area contributed by atoms with E-state index >= 15 is 0 Å². The van der Waals surface area contributed by atoms with Gasteiger partial charge in [-0.3, -0.25) is 10.1 Å². The zero-order valence-electron chi connectivity index (χ0n) is 8.25. The summed E-state index contributed by atoms with van der Waals surface area (Å²) in [5.41, 5.74) is 1.64. The van der Waals surface area contributed by atoms with E-state index < -0.39 is 0 Å². The van der Waals surface area contributed by atoms with Crippen LogP contribution in [0.4, 0.5) is 11.5 Å². The molecule has 78 valence electrons. The van der Waals surface area contributed by atoms with Crippen LogP contribution in [0, 0.1) is 0 Å². The molecule has 0 radical (unpaired) electrons. The van der Waals surface area contributed by atoms with Crippen LogP contribution in [-0.2, 0) is 0 Å². The number of hydrogen-bond acceptors (Lipinski definition) is 5. The number of anilines is 2. The van der Waals surface area contributed by atoms with Gasteiger partial charge in [0, 0.05) is 18.1 Å². The lowest BCUT2D eigenvalue weighted by molar-refractivity contribution is 1.09. The Morgan fingerprint density at radius 1 is 1.12 bits per heavy atom. The Morgan fingerprint density at radius 3 is 2.88 bits per heavy atom. The molecule has 0 saturated heterocycles. The van der Waals surface area contributed by atoms with Crippen LogP contribution in [0.15, 0.2) is 37.1 Å². The lowest BCUT2D eigenvalue weighted by atomic mass is 10.3. The number of aromatic amines is 1. The number of rotatable bonds is 2. The van der Waals surface area contributed by atoms with Crippen molar-refractivity contribution in [3.05, 3.63) is 37.1 Å². The van der Waals surface area contributed by atoms with E-state index in [0.717, 1.165) is 16.9 Å². The minimum absolute atomic E-state index is 0.714. The van der Waals surface area contributed by atoms with Crippen molar-refractivity contribution < 1.29 is 0 Å². The van der Waals surface area contributed by atoms with Crippen LogP contribution in [0.2, 0.25) is 0 Å². The van der Waals surface area contributed by atoms with Gasteiger partial charge in [-0.2, -0.15) is 5.10 Å². The molecule has 0 spiro atoms. The van der Waals surface area contributed by atoms with Crippen LogP contribution in [0.3, 0.4) is 0 Å². The van der Waals surface area contributed by atoms with Crippen molar-refractivity contribution in [1.29, 1.82) is 0 Å². The van der Waals surface area contributed by atoms with E-state index in [2.05, 4.69) is 30.5 Å². The van der Waals surface area contributed by atoms with Crippen molar-refractivity contribution in [2.45, 2.75) is 0 Å². The van der Waals surface area contributed by atoms with Crippen molar-refractivity contribution >= 4 is 22.5 Å². The second kappa shape index (κ2) is 3.58. The molecule has 0 fully saturated rings. The number of aromatic nitrogens is 5. The summed E-state index contributed by atoms with van der Waals surface area (Å²) in [6, 6.07) is 3.74. The first-order chi connectivity index (χ1) is 7.93. The predicted molar refractivity (Wildman–Crippen MR) is 59.2 cm³/mol. The largest absolute Gasteiger partial charge is 0.339 e. The van der Waals surface area contributed by atoms with Crippen LogP contribution in [0.5, 0.6) is 0 Å². The molecule has 6 nitrogen and oxygen atoms in total. The van der Waals surface area contributed by atoms with Crippen LogP contribution in [0.25, 0.3) is 11.0 Å². The maximum atomic E-state index is 4.17. The lowest BCUT2D eigenvalue weighted by Crippen LogP contribution is -1.94. The Balaban J connectivity index is 2.04. The molecule has 0 amide bonds. The normalized spacial score (nSPS) is 10.5. The van der Waals surface area contributed by atoms with Crippen molar-refractivity contribution in [2.75, 3.05) is 5.32 Å². The molecule has 3 aromatic rings. The first kappa shape index (κ1) is 8.78. The fraction of sp³-hybridized carbons (Fsp3) is 0. The monoisotopic (exact) mass is 212 g/mol. The van der Waals surface area contributed by atoms with Gasteiger partial charge in [-0.15, -0.1) is 0 Å². The molecule has 3 heterocycles. The maximum absolute atomic E-state index is 4.17. The van der Waals surface area contributed by atoms with Crippen LogP contribution < -0.4 is 5.32 Å². The highest BCUT2D eigenvalue weighted by molar-refractivity contribution is 5.87. The summed E-state index contributed by atoms with van der Waals surface area (Å²) < 4.78 is 0. The molecule has 0 atom stereocenters. The molecular formula is C10H8N6. The van der Waals surface area contributed by atoms with Crippen molar-refractivity contribution in [3.8, 4) is 0 Å². The first-order valence-electron chi connectivity index (χ1n) is 4.74. The topological polar surface area (TPSA) is 79.4 Å². The van der Waals surface area contributed by atoms with Gasteiger partial charge in [0.1, 0.15) is 12.1 Å². The summed E-state index contributed by atoms with van der Waals surface area (Å²) in [5.74, 6) is 0.727. The zero-order chi connectivity index (χ0) is 10.8. The van der Waals surface area contributed by atoms with Gasteiger partial charge in [-0.25, -0.2) is 9.97 Å². The van der Waals surface area contributed by atoms with Crippen molar-refractivity contribution in [3.63, 3.8) is 0 Å². The Bertz CT molecular complexity index is 603. The Hall–Kier alpha value is -2.50. The quantitative estimate of drug-likeness (QED) is 0.672. The van der Waals surface area contributed by atoms with E-state index in [1.165, 1.54) is 6.33 Å². The van der Waals surface area contributed by atoms with Crippen molar-refractivity contribution in [1.82, 2.24) is 25.1 Å². The van der Waals surface area contributed by atoms with Gasteiger partial charge in [0.2, 0.25) is 0 Å². The number of hydrogen-bond donors (Lipinski definition) is 2. The molecule has 2 N–H and O–H groups in total. The van der Waals surface area contributed by atoms with E-state index in [9.17, 15) is 0 Å². The summed E-state index contributed by atoms with van der Waals surface area (Å²) in [4.78, 5) is 12.2. The molecular weight excluding hydrogens is 204 g/mol. The van der Waals surface area contributed by atoms with Gasteiger partial charge in [0.15, 0.2) is 5.65 Å². The van der Waals surface area contributed by atoms with Gasteiger partial charge in [-0.1, -0.05) is 0 Å². The van der Waals surface area contributed by atoms with Gasteiger partial charge in [0.25, 0.3) is 0 Å². The summed E-state index contributed by atoms with van der Waals surface area (Å²) >= 11 is 0. The third kappa shape index (κ3) is 1.46. The second-order valence-corrected chi connectivity index (χ2v) is 3.22. The summed E-state index contributed by atoms with van der Waals surface area (Å²) in [5, 5.41) is 10.8. The number of nitrogens with zero attached hydrogens (tertiary/aromatic N) is 4. The summed E-state index contributed by atoms with van der Waals surface area (Å²) in [6.45, 7) is 0. The molecule has 0 aromatic carbocycles. The molecule has 0 aliphatic heterocycles. The molecule has 0 aliphatic rings. The maximum Gasteiger partial charge on any atom is 0.160 e. The molecule has 0 aliphatic carbocycles. The van der Waals surface area contributed by atoms with Crippen LogP contribution in [-0.4, -0.2) is 25.1 Å². The van der Waals surface area contributed by atoms with E-state index in [1.54, 1.807) is 18.6 Å². The van der Waals surface area contributed by atoms with Gasteiger partial charge >= 0.3 is 0 Å². The molecule has 0 bridgehead atoms. The van der Waals surface area contributed by atoms with Crippen LogP contribution >= 0.6 is 0 Å². The SMILES string of the molecule is c1cc(Nc2ncnc3[nH]ncc23)ccn1. The van der Waals surface area contributed by atoms with E-state index in [0.29, 0.717) is 5.65 Å². The fourth-order valence-corrected chi connectivity index (χ4v) is 1.44. The number of H-pyrrole nitrogens is 1. The number of pyridine rings is 1. The van der Waals surface area contributed by atoms with Gasteiger partial charge in [0.05, 0.1) is 11.6 Å². The van der Waals surface area contributed by atoms with E-state index in [-0.39, 0.29) is 0 Å². The highest BCUT2D eigenvalue weighted by Gasteiger charge is 2.04.